The van der Waals surface area contributed by atoms with Gasteiger partial charge in [-0.1, -0.05) is 19.3 Å². The molecule has 4 nitrogen and oxygen atoms in total. The van der Waals surface area contributed by atoms with Crippen LogP contribution in [0.15, 0.2) is 12.4 Å². The molecule has 0 saturated heterocycles. The zero-order valence-corrected chi connectivity index (χ0v) is 11.6. The van der Waals surface area contributed by atoms with Crippen LogP contribution < -0.4 is 0 Å². The van der Waals surface area contributed by atoms with Gasteiger partial charge in [0, 0.05) is 19.7 Å². The number of carbonyl (C=O) groups is 1. The Kier molecular flexibility index (Phi) is 4.11. The molecule has 112 valence electrons. The summed E-state index contributed by atoms with van der Waals surface area (Å²) < 4.78 is 30.1. The third-order valence-electron chi connectivity index (χ3n) is 4.16. The number of nitrogens with zero attached hydrogens (tertiary/aromatic N) is 2. The standard InChI is InChI=1S/C14H20F2N2O2/c1-18-9-11(8-17-18)14(15,16)10-13(7-12(19)20)5-3-2-4-6-13/h8-9H,2-7,10H2,1H3,(H,19,20). The van der Waals surface area contributed by atoms with Crippen molar-refractivity contribution in [1.82, 2.24) is 9.78 Å². The third kappa shape index (κ3) is 3.35. The Balaban J connectivity index is 2.20. The van der Waals surface area contributed by atoms with Crippen LogP contribution in [0, 0.1) is 5.41 Å². The van der Waals surface area contributed by atoms with E-state index < -0.39 is 23.7 Å². The van der Waals surface area contributed by atoms with Gasteiger partial charge in [-0.05, 0) is 18.3 Å². The largest absolute Gasteiger partial charge is 0.481 e. The molecule has 1 aromatic rings. The van der Waals surface area contributed by atoms with Crippen LogP contribution in [-0.2, 0) is 17.8 Å². The van der Waals surface area contributed by atoms with Gasteiger partial charge in [0.2, 0.25) is 0 Å². The third-order valence-corrected chi connectivity index (χ3v) is 4.16. The van der Waals surface area contributed by atoms with E-state index in [0.29, 0.717) is 12.8 Å². The average molecular weight is 286 g/mol. The van der Waals surface area contributed by atoms with Crippen molar-refractivity contribution < 1.29 is 18.7 Å². The van der Waals surface area contributed by atoms with Gasteiger partial charge in [0.15, 0.2) is 0 Å². The van der Waals surface area contributed by atoms with E-state index in [1.165, 1.54) is 10.9 Å². The second-order valence-corrected chi connectivity index (χ2v) is 5.92. The van der Waals surface area contributed by atoms with E-state index in [2.05, 4.69) is 5.10 Å². The number of carboxylic acid groups (broad SMARTS) is 1. The van der Waals surface area contributed by atoms with Gasteiger partial charge in [0.05, 0.1) is 18.2 Å². The second kappa shape index (κ2) is 5.50. The number of aromatic nitrogens is 2. The Morgan fingerprint density at radius 2 is 2.10 bits per heavy atom. The van der Waals surface area contributed by atoms with Crippen LogP contribution in [0.25, 0.3) is 0 Å². The lowest BCUT2D eigenvalue weighted by Gasteiger charge is -2.38. The highest BCUT2D eigenvalue weighted by Crippen LogP contribution is 2.49. The molecule has 6 heteroatoms. The van der Waals surface area contributed by atoms with Crippen molar-refractivity contribution in [2.24, 2.45) is 12.5 Å². The molecule has 1 aliphatic carbocycles. The van der Waals surface area contributed by atoms with Gasteiger partial charge in [-0.2, -0.15) is 5.10 Å². The van der Waals surface area contributed by atoms with Gasteiger partial charge in [-0.3, -0.25) is 9.48 Å². The van der Waals surface area contributed by atoms with E-state index in [4.69, 9.17) is 5.11 Å². The van der Waals surface area contributed by atoms with Crippen molar-refractivity contribution in [3.05, 3.63) is 18.0 Å². The first-order chi connectivity index (χ1) is 9.33. The molecule has 20 heavy (non-hydrogen) atoms. The zero-order chi connectivity index (χ0) is 14.8. The average Bonchev–Trinajstić information content (AvgIpc) is 2.76. The van der Waals surface area contributed by atoms with Crippen molar-refractivity contribution in [2.45, 2.75) is 50.9 Å². The first-order valence-electron chi connectivity index (χ1n) is 6.92. The van der Waals surface area contributed by atoms with E-state index in [0.717, 1.165) is 25.5 Å². The molecular weight excluding hydrogens is 266 g/mol. The van der Waals surface area contributed by atoms with Gasteiger partial charge < -0.3 is 5.11 Å². The van der Waals surface area contributed by atoms with Gasteiger partial charge in [-0.25, -0.2) is 8.78 Å². The van der Waals surface area contributed by atoms with E-state index >= 15 is 0 Å². The van der Waals surface area contributed by atoms with Crippen LogP contribution in [0.2, 0.25) is 0 Å². The first kappa shape index (κ1) is 14.9. The maximum absolute atomic E-state index is 14.4. The summed E-state index contributed by atoms with van der Waals surface area (Å²) in [5, 5.41) is 12.8. The number of aliphatic carboxylic acids is 1. The fourth-order valence-corrected chi connectivity index (χ4v) is 3.22. The molecule has 1 saturated carbocycles. The molecule has 0 amide bonds. The summed E-state index contributed by atoms with van der Waals surface area (Å²) in [5.74, 6) is -4.02. The zero-order valence-electron chi connectivity index (χ0n) is 11.6. The molecule has 0 atom stereocenters. The van der Waals surface area contributed by atoms with Gasteiger partial charge >= 0.3 is 5.97 Å². The van der Waals surface area contributed by atoms with Gasteiger partial charge in [0.1, 0.15) is 0 Å². The maximum Gasteiger partial charge on any atom is 0.303 e. The van der Waals surface area contributed by atoms with E-state index in [1.807, 2.05) is 0 Å². The number of hydrogen-bond acceptors (Lipinski definition) is 2. The number of carboxylic acids is 1. The highest BCUT2D eigenvalue weighted by molar-refractivity contribution is 5.67. The Morgan fingerprint density at radius 1 is 1.45 bits per heavy atom. The highest BCUT2D eigenvalue weighted by atomic mass is 19.3. The fourth-order valence-electron chi connectivity index (χ4n) is 3.22. The smallest absolute Gasteiger partial charge is 0.303 e. The van der Waals surface area contributed by atoms with Crippen molar-refractivity contribution in [3.8, 4) is 0 Å². The predicted molar refractivity (Wildman–Crippen MR) is 69.5 cm³/mol. The molecule has 1 aromatic heterocycles. The lowest BCUT2D eigenvalue weighted by atomic mass is 9.68. The Hall–Kier alpha value is -1.46. The van der Waals surface area contributed by atoms with Crippen molar-refractivity contribution in [1.29, 1.82) is 0 Å². The number of rotatable bonds is 5. The van der Waals surface area contributed by atoms with Crippen molar-refractivity contribution >= 4 is 5.97 Å². The maximum atomic E-state index is 14.4. The summed E-state index contributed by atoms with van der Waals surface area (Å²) >= 11 is 0. The summed E-state index contributed by atoms with van der Waals surface area (Å²) in [6, 6.07) is 0. The lowest BCUT2D eigenvalue weighted by Crippen LogP contribution is -2.33. The molecule has 0 radical (unpaired) electrons. The van der Waals surface area contributed by atoms with Crippen LogP contribution in [0.4, 0.5) is 8.78 Å². The Bertz CT molecular complexity index is 479. The quantitative estimate of drug-likeness (QED) is 0.903. The molecule has 0 unspecified atom stereocenters. The van der Waals surface area contributed by atoms with Crippen LogP contribution in [0.5, 0.6) is 0 Å². The van der Waals surface area contributed by atoms with Crippen molar-refractivity contribution in [3.63, 3.8) is 0 Å². The van der Waals surface area contributed by atoms with Crippen LogP contribution in [0.1, 0.15) is 50.5 Å². The van der Waals surface area contributed by atoms with Crippen LogP contribution in [-0.4, -0.2) is 20.9 Å². The number of aryl methyl sites for hydroxylation is 1. The lowest BCUT2D eigenvalue weighted by molar-refractivity contribution is -0.143. The van der Waals surface area contributed by atoms with E-state index in [9.17, 15) is 13.6 Å². The van der Waals surface area contributed by atoms with Crippen LogP contribution >= 0.6 is 0 Å². The molecule has 0 spiro atoms. The van der Waals surface area contributed by atoms with Gasteiger partial charge in [0.25, 0.3) is 5.92 Å². The molecule has 0 aromatic carbocycles. The highest BCUT2D eigenvalue weighted by Gasteiger charge is 2.45. The van der Waals surface area contributed by atoms with Crippen LogP contribution in [0.3, 0.4) is 0 Å². The second-order valence-electron chi connectivity index (χ2n) is 5.92. The number of alkyl halides is 2. The summed E-state index contributed by atoms with van der Waals surface area (Å²) in [5.41, 5.74) is -0.918. The molecule has 1 N–H and O–H groups in total. The SMILES string of the molecule is Cn1cc(C(F)(F)CC2(CC(=O)O)CCCCC2)cn1. The number of halogens is 2. The molecular formula is C14H20F2N2O2. The Morgan fingerprint density at radius 3 is 2.60 bits per heavy atom. The van der Waals surface area contributed by atoms with E-state index in [1.54, 1.807) is 7.05 Å². The molecule has 0 aliphatic heterocycles. The first-order valence-corrected chi connectivity index (χ1v) is 6.92. The predicted octanol–water partition coefficient (Wildman–Crippen LogP) is 3.33. The van der Waals surface area contributed by atoms with Crippen molar-refractivity contribution in [2.75, 3.05) is 0 Å². The van der Waals surface area contributed by atoms with Gasteiger partial charge in [-0.15, -0.1) is 0 Å². The van der Waals surface area contributed by atoms with E-state index in [-0.39, 0.29) is 12.0 Å². The summed E-state index contributed by atoms with van der Waals surface area (Å²) in [6.45, 7) is 0. The normalized spacial score (nSPS) is 18.9. The molecule has 2 rings (SSSR count). The molecule has 0 bridgehead atoms. The Labute approximate surface area is 116 Å². The molecule has 1 fully saturated rings. The topological polar surface area (TPSA) is 55.1 Å². The fraction of sp³-hybridized carbons (Fsp3) is 0.714. The minimum absolute atomic E-state index is 0.129. The number of hydrogen-bond donors (Lipinski definition) is 1. The minimum atomic E-state index is -3.03. The summed E-state index contributed by atoms with van der Waals surface area (Å²) in [4.78, 5) is 11.0. The summed E-state index contributed by atoms with van der Waals surface area (Å²) in [7, 11) is 1.59. The monoisotopic (exact) mass is 286 g/mol. The summed E-state index contributed by atoms with van der Waals surface area (Å²) in [6.07, 6.45) is 5.67. The minimum Gasteiger partial charge on any atom is -0.481 e. The molecule has 1 aliphatic rings. The molecule has 1 heterocycles.